The molecule has 1 N–H and O–H groups in total. The molecule has 0 radical (unpaired) electrons. The molecule has 1 saturated heterocycles. The van der Waals surface area contributed by atoms with Gasteiger partial charge in [-0.25, -0.2) is 0 Å². The van der Waals surface area contributed by atoms with E-state index in [1.807, 2.05) is 18.2 Å². The number of likely N-dealkylation sites (tertiary alicyclic amines) is 1. The number of aliphatic carboxylic acids is 1. The number of rotatable bonds is 5. The van der Waals surface area contributed by atoms with Crippen LogP contribution < -0.4 is 0 Å². The highest BCUT2D eigenvalue weighted by atomic mass is 16.5. The van der Waals surface area contributed by atoms with Gasteiger partial charge in [-0.05, 0) is 17.7 Å². The van der Waals surface area contributed by atoms with Crippen molar-refractivity contribution >= 4 is 11.9 Å². The number of carboxylic acid groups (broad SMARTS) is 1. The molecule has 0 unspecified atom stereocenters. The molecule has 0 aliphatic carbocycles. The van der Waals surface area contributed by atoms with Crippen molar-refractivity contribution in [3.05, 3.63) is 35.4 Å². The van der Waals surface area contributed by atoms with Crippen LogP contribution in [0.3, 0.4) is 0 Å². The van der Waals surface area contributed by atoms with Crippen LogP contribution in [0.5, 0.6) is 0 Å². The molecule has 0 spiro atoms. The lowest BCUT2D eigenvalue weighted by Gasteiger charge is -2.38. The largest absolute Gasteiger partial charge is 0.481 e. The van der Waals surface area contributed by atoms with Gasteiger partial charge in [0.1, 0.15) is 0 Å². The summed E-state index contributed by atoms with van der Waals surface area (Å²) in [5, 5.41) is 8.67. The number of hydrogen-bond acceptors (Lipinski definition) is 3. The van der Waals surface area contributed by atoms with E-state index in [2.05, 4.69) is 0 Å². The van der Waals surface area contributed by atoms with E-state index in [1.165, 1.54) is 0 Å². The molecular formula is C14H17NO4. The number of amides is 1. The number of methoxy groups -OCH3 is 1. The lowest BCUT2D eigenvalue weighted by molar-refractivity contribution is -0.139. The number of nitrogens with zero attached hydrogens (tertiary/aromatic N) is 1. The molecule has 1 heterocycles. The Kier molecular flexibility index (Phi) is 4.16. The maximum absolute atomic E-state index is 12.2. The Morgan fingerprint density at radius 2 is 2.16 bits per heavy atom. The summed E-state index contributed by atoms with van der Waals surface area (Å²) >= 11 is 0. The summed E-state index contributed by atoms with van der Waals surface area (Å²) < 4.78 is 5.03. The molecule has 0 bridgehead atoms. The Hall–Kier alpha value is -1.88. The van der Waals surface area contributed by atoms with Gasteiger partial charge in [-0.2, -0.15) is 0 Å². The summed E-state index contributed by atoms with van der Waals surface area (Å²) in [5.41, 5.74) is 1.58. The molecule has 5 nitrogen and oxygen atoms in total. The Morgan fingerprint density at radius 3 is 2.79 bits per heavy atom. The molecule has 1 aliphatic heterocycles. The van der Waals surface area contributed by atoms with Gasteiger partial charge in [0.25, 0.3) is 5.91 Å². The minimum atomic E-state index is -0.806. The van der Waals surface area contributed by atoms with Crippen molar-refractivity contribution in [2.45, 2.75) is 13.0 Å². The fourth-order valence-corrected chi connectivity index (χ4v) is 2.26. The van der Waals surface area contributed by atoms with Crippen LogP contribution in [0, 0.1) is 5.92 Å². The van der Waals surface area contributed by atoms with Crippen LogP contribution in [0.15, 0.2) is 24.3 Å². The molecular weight excluding hydrogens is 246 g/mol. The molecule has 5 heteroatoms. The summed E-state index contributed by atoms with van der Waals surface area (Å²) in [6.45, 7) is 1.53. The number of hydrogen-bond donors (Lipinski definition) is 1. The van der Waals surface area contributed by atoms with Gasteiger partial charge in [0.15, 0.2) is 0 Å². The van der Waals surface area contributed by atoms with Crippen molar-refractivity contribution in [2.24, 2.45) is 5.92 Å². The SMILES string of the molecule is COCc1cccc(C(=O)N2CC(CC(=O)O)C2)c1. The summed E-state index contributed by atoms with van der Waals surface area (Å²) in [7, 11) is 1.61. The first-order valence-electron chi connectivity index (χ1n) is 6.19. The zero-order chi connectivity index (χ0) is 13.8. The monoisotopic (exact) mass is 263 g/mol. The van der Waals surface area contributed by atoms with Crippen molar-refractivity contribution in [2.75, 3.05) is 20.2 Å². The zero-order valence-corrected chi connectivity index (χ0v) is 10.8. The summed E-state index contributed by atoms with van der Waals surface area (Å²) in [5.74, 6) is -0.762. The van der Waals surface area contributed by atoms with Crippen molar-refractivity contribution in [3.63, 3.8) is 0 Å². The van der Waals surface area contributed by atoms with Crippen molar-refractivity contribution in [3.8, 4) is 0 Å². The molecule has 0 atom stereocenters. The van der Waals surface area contributed by atoms with Gasteiger partial charge in [0, 0.05) is 31.7 Å². The summed E-state index contributed by atoms with van der Waals surface area (Å²) in [4.78, 5) is 24.4. The number of carbonyl (C=O) groups excluding carboxylic acids is 1. The Labute approximate surface area is 111 Å². The minimum Gasteiger partial charge on any atom is -0.481 e. The van der Waals surface area contributed by atoms with Crippen molar-refractivity contribution < 1.29 is 19.4 Å². The van der Waals surface area contributed by atoms with Crippen LogP contribution in [0.25, 0.3) is 0 Å². The molecule has 102 valence electrons. The Balaban J connectivity index is 1.94. The van der Waals surface area contributed by atoms with E-state index in [0.717, 1.165) is 5.56 Å². The third-order valence-corrected chi connectivity index (χ3v) is 3.19. The second kappa shape index (κ2) is 5.84. The Morgan fingerprint density at radius 1 is 1.42 bits per heavy atom. The zero-order valence-electron chi connectivity index (χ0n) is 10.8. The summed E-state index contributed by atoms with van der Waals surface area (Å²) in [6, 6.07) is 7.32. The van der Waals surface area contributed by atoms with Crippen LogP contribution >= 0.6 is 0 Å². The standard InChI is InChI=1S/C14H17NO4/c1-19-9-10-3-2-4-12(5-10)14(18)15-7-11(8-15)6-13(16)17/h2-5,11H,6-9H2,1H3,(H,16,17). The first-order valence-corrected chi connectivity index (χ1v) is 6.19. The highest BCUT2D eigenvalue weighted by Crippen LogP contribution is 2.21. The maximum atomic E-state index is 12.2. The Bertz CT molecular complexity index is 480. The second-order valence-electron chi connectivity index (χ2n) is 4.81. The molecule has 0 aromatic heterocycles. The van der Waals surface area contributed by atoms with Gasteiger partial charge < -0.3 is 14.7 Å². The third kappa shape index (κ3) is 3.32. The van der Waals surface area contributed by atoms with Crippen molar-refractivity contribution in [1.29, 1.82) is 0 Å². The number of carbonyl (C=O) groups is 2. The average molecular weight is 263 g/mol. The van der Waals surface area contributed by atoms with Crippen LogP contribution in [0.2, 0.25) is 0 Å². The van der Waals surface area contributed by atoms with Gasteiger partial charge >= 0.3 is 5.97 Å². The molecule has 1 aliphatic rings. The highest BCUT2D eigenvalue weighted by Gasteiger charge is 2.32. The third-order valence-electron chi connectivity index (χ3n) is 3.19. The molecule has 1 aromatic carbocycles. The van der Waals surface area contributed by atoms with Gasteiger partial charge in [-0.3, -0.25) is 9.59 Å². The van der Waals surface area contributed by atoms with E-state index >= 15 is 0 Å². The van der Waals surface area contributed by atoms with E-state index in [9.17, 15) is 9.59 Å². The second-order valence-corrected chi connectivity index (χ2v) is 4.81. The predicted molar refractivity (Wildman–Crippen MR) is 68.8 cm³/mol. The molecule has 1 amide bonds. The molecule has 2 rings (SSSR count). The van der Waals surface area contributed by atoms with Gasteiger partial charge in [-0.1, -0.05) is 12.1 Å². The van der Waals surface area contributed by atoms with Crippen LogP contribution in [0.1, 0.15) is 22.3 Å². The van der Waals surface area contributed by atoms with E-state index in [4.69, 9.17) is 9.84 Å². The first-order chi connectivity index (χ1) is 9.10. The van der Waals surface area contributed by atoms with E-state index in [1.54, 1.807) is 18.1 Å². The van der Waals surface area contributed by atoms with Gasteiger partial charge in [0.2, 0.25) is 0 Å². The average Bonchev–Trinajstić information content (AvgIpc) is 2.33. The van der Waals surface area contributed by atoms with Crippen LogP contribution in [0.4, 0.5) is 0 Å². The van der Waals surface area contributed by atoms with Crippen LogP contribution in [-0.2, 0) is 16.1 Å². The molecule has 1 fully saturated rings. The van der Waals surface area contributed by atoms with E-state index in [-0.39, 0.29) is 18.2 Å². The number of ether oxygens (including phenoxy) is 1. The fraction of sp³-hybridized carbons (Fsp3) is 0.429. The molecule has 0 saturated carbocycles. The van der Waals surface area contributed by atoms with Gasteiger partial charge in [-0.15, -0.1) is 0 Å². The summed E-state index contributed by atoms with van der Waals surface area (Å²) in [6.07, 6.45) is 0.132. The lowest BCUT2D eigenvalue weighted by Crippen LogP contribution is -2.50. The number of benzene rings is 1. The lowest BCUT2D eigenvalue weighted by atomic mass is 9.95. The first kappa shape index (κ1) is 13.5. The molecule has 19 heavy (non-hydrogen) atoms. The van der Waals surface area contributed by atoms with E-state index in [0.29, 0.717) is 25.3 Å². The number of carboxylic acids is 1. The van der Waals surface area contributed by atoms with Gasteiger partial charge in [0.05, 0.1) is 13.0 Å². The van der Waals surface area contributed by atoms with E-state index < -0.39 is 5.97 Å². The van der Waals surface area contributed by atoms with Crippen molar-refractivity contribution in [1.82, 2.24) is 4.90 Å². The minimum absolute atomic E-state index is 0.0420. The maximum Gasteiger partial charge on any atom is 0.303 e. The normalized spacial score (nSPS) is 15.1. The molecule has 1 aromatic rings. The predicted octanol–water partition coefficient (Wildman–Crippen LogP) is 1.38. The smallest absolute Gasteiger partial charge is 0.303 e. The quantitative estimate of drug-likeness (QED) is 0.871. The van der Waals surface area contributed by atoms with Crippen LogP contribution in [-0.4, -0.2) is 42.1 Å². The topological polar surface area (TPSA) is 66.8 Å². The fourth-order valence-electron chi connectivity index (χ4n) is 2.26. The highest BCUT2D eigenvalue weighted by molar-refractivity contribution is 5.95.